The molecule has 2 amide bonds. The summed E-state index contributed by atoms with van der Waals surface area (Å²) in [5.74, 6) is -0.374. The zero-order valence-electron chi connectivity index (χ0n) is 12.1. The molecule has 0 aliphatic carbocycles. The minimum absolute atomic E-state index is 0.155. The van der Waals surface area contributed by atoms with Crippen molar-refractivity contribution in [3.8, 4) is 0 Å². The van der Waals surface area contributed by atoms with Gasteiger partial charge in [-0.05, 0) is 25.0 Å². The molecule has 0 aliphatic heterocycles. The smallest absolute Gasteiger partial charge is 0.250 e. The Hall–Kier alpha value is -2.24. The van der Waals surface area contributed by atoms with Gasteiger partial charge in [0.25, 0.3) is 5.91 Å². The summed E-state index contributed by atoms with van der Waals surface area (Å²) in [5.41, 5.74) is 12.2. The second-order valence-electron chi connectivity index (χ2n) is 5.14. The van der Waals surface area contributed by atoms with Crippen molar-refractivity contribution in [1.29, 1.82) is 0 Å². The van der Waals surface area contributed by atoms with Gasteiger partial charge in [0.2, 0.25) is 5.91 Å². The number of amides is 2. The molecule has 6 nitrogen and oxygen atoms in total. The topological polar surface area (TPSA) is 110 Å². The summed E-state index contributed by atoms with van der Waals surface area (Å²) in [7, 11) is 0. The summed E-state index contributed by atoms with van der Waals surface area (Å²) in [4.78, 5) is 23.3. The first-order valence-electron chi connectivity index (χ1n) is 6.55. The third-order valence-corrected chi connectivity index (χ3v) is 2.80. The van der Waals surface area contributed by atoms with Crippen molar-refractivity contribution >= 4 is 23.2 Å². The van der Waals surface area contributed by atoms with Crippen molar-refractivity contribution in [3.05, 3.63) is 23.8 Å². The van der Waals surface area contributed by atoms with Gasteiger partial charge in [-0.2, -0.15) is 0 Å². The number of primary amides is 1. The molecule has 0 aliphatic rings. The molecule has 0 fully saturated rings. The van der Waals surface area contributed by atoms with Gasteiger partial charge in [0.05, 0.1) is 16.9 Å². The van der Waals surface area contributed by atoms with Crippen LogP contribution >= 0.6 is 0 Å². The first kappa shape index (κ1) is 15.8. The predicted octanol–water partition coefficient (Wildman–Crippen LogP) is 0.940. The van der Waals surface area contributed by atoms with Gasteiger partial charge in [0.15, 0.2) is 0 Å². The fraction of sp³-hybridized carbons (Fsp3) is 0.429. The number of para-hydroxylation sites is 1. The molecule has 0 radical (unpaired) electrons. The monoisotopic (exact) mass is 278 g/mol. The normalized spacial score (nSPS) is 12.0. The third kappa shape index (κ3) is 4.15. The summed E-state index contributed by atoms with van der Waals surface area (Å²) in [6.45, 7) is 6.32. The van der Waals surface area contributed by atoms with Crippen LogP contribution in [0.2, 0.25) is 0 Å². The molecular weight excluding hydrogens is 256 g/mol. The number of hydrogen-bond donors (Lipinski definition) is 4. The van der Waals surface area contributed by atoms with Crippen LogP contribution in [0.1, 0.15) is 31.1 Å². The molecule has 0 saturated carbocycles. The van der Waals surface area contributed by atoms with E-state index in [-0.39, 0.29) is 11.5 Å². The van der Waals surface area contributed by atoms with Crippen LogP contribution < -0.4 is 22.1 Å². The Balaban J connectivity index is 2.82. The number of carbonyl (C=O) groups is 2. The number of anilines is 2. The van der Waals surface area contributed by atoms with Crippen molar-refractivity contribution in [2.75, 3.05) is 17.6 Å². The molecule has 0 saturated heterocycles. The minimum Gasteiger partial charge on any atom is -0.397 e. The highest BCUT2D eigenvalue weighted by Crippen LogP contribution is 2.23. The molecule has 0 bridgehead atoms. The molecule has 6 heteroatoms. The number of rotatable bonds is 6. The van der Waals surface area contributed by atoms with Gasteiger partial charge < -0.3 is 22.1 Å². The van der Waals surface area contributed by atoms with Crippen LogP contribution in [0.3, 0.4) is 0 Å². The molecule has 1 aromatic carbocycles. The molecule has 0 spiro atoms. The second-order valence-corrected chi connectivity index (χ2v) is 5.14. The summed E-state index contributed by atoms with van der Waals surface area (Å²) < 4.78 is 0. The molecule has 1 atom stereocenters. The van der Waals surface area contributed by atoms with E-state index in [1.165, 1.54) is 0 Å². The Labute approximate surface area is 118 Å². The van der Waals surface area contributed by atoms with Crippen LogP contribution in [0.25, 0.3) is 0 Å². The maximum atomic E-state index is 11.9. The van der Waals surface area contributed by atoms with E-state index < -0.39 is 11.9 Å². The Morgan fingerprint density at radius 2 is 1.90 bits per heavy atom. The lowest BCUT2D eigenvalue weighted by atomic mass is 10.1. The second kappa shape index (κ2) is 6.79. The van der Waals surface area contributed by atoms with Crippen molar-refractivity contribution < 1.29 is 9.59 Å². The Bertz CT molecular complexity index is 500. The molecule has 1 rings (SSSR count). The van der Waals surface area contributed by atoms with Gasteiger partial charge in [0, 0.05) is 6.54 Å². The van der Waals surface area contributed by atoms with Crippen LogP contribution in [0, 0.1) is 5.92 Å². The van der Waals surface area contributed by atoms with Gasteiger partial charge in [0.1, 0.15) is 6.04 Å². The molecule has 110 valence electrons. The van der Waals surface area contributed by atoms with E-state index in [0.717, 1.165) is 0 Å². The molecule has 1 aromatic rings. The van der Waals surface area contributed by atoms with Gasteiger partial charge in [-0.25, -0.2) is 0 Å². The standard InChI is InChI=1S/C14H22N4O2/c1-8(2)7-17-14(20)9(3)18-12-10(13(16)19)5-4-6-11(12)15/h4-6,8-9,18H,7,15H2,1-3H3,(H2,16,19)(H,17,20). The summed E-state index contributed by atoms with van der Waals surface area (Å²) in [6.07, 6.45) is 0. The first-order chi connectivity index (χ1) is 9.32. The highest BCUT2D eigenvalue weighted by Gasteiger charge is 2.17. The van der Waals surface area contributed by atoms with Crippen LogP contribution in [-0.4, -0.2) is 24.4 Å². The van der Waals surface area contributed by atoms with Crippen molar-refractivity contribution in [1.82, 2.24) is 5.32 Å². The summed E-state index contributed by atoms with van der Waals surface area (Å²) in [5, 5.41) is 5.76. The third-order valence-electron chi connectivity index (χ3n) is 2.80. The highest BCUT2D eigenvalue weighted by atomic mass is 16.2. The Kier molecular flexibility index (Phi) is 5.37. The molecule has 1 unspecified atom stereocenters. The Morgan fingerprint density at radius 3 is 2.45 bits per heavy atom. The van der Waals surface area contributed by atoms with Gasteiger partial charge in [-0.15, -0.1) is 0 Å². The molecule has 6 N–H and O–H groups in total. The Morgan fingerprint density at radius 1 is 1.25 bits per heavy atom. The van der Waals surface area contributed by atoms with Gasteiger partial charge >= 0.3 is 0 Å². The zero-order chi connectivity index (χ0) is 15.3. The molecule has 0 heterocycles. The number of benzene rings is 1. The SMILES string of the molecule is CC(C)CNC(=O)C(C)Nc1c(N)cccc1C(N)=O. The van der Waals surface area contributed by atoms with Gasteiger partial charge in [-0.1, -0.05) is 19.9 Å². The average molecular weight is 278 g/mol. The van der Waals surface area contributed by atoms with E-state index in [2.05, 4.69) is 10.6 Å². The number of nitrogens with one attached hydrogen (secondary N) is 2. The van der Waals surface area contributed by atoms with E-state index in [1.807, 2.05) is 13.8 Å². The maximum absolute atomic E-state index is 11.9. The maximum Gasteiger partial charge on any atom is 0.250 e. The van der Waals surface area contributed by atoms with Crippen molar-refractivity contribution in [3.63, 3.8) is 0 Å². The van der Waals surface area contributed by atoms with E-state index >= 15 is 0 Å². The minimum atomic E-state index is -0.588. The number of nitrogen functional groups attached to an aromatic ring is 1. The highest BCUT2D eigenvalue weighted by molar-refractivity contribution is 6.02. The molecular formula is C14H22N4O2. The number of carbonyl (C=O) groups excluding carboxylic acids is 2. The number of nitrogens with two attached hydrogens (primary N) is 2. The predicted molar refractivity (Wildman–Crippen MR) is 80.3 cm³/mol. The van der Waals surface area contributed by atoms with Crippen LogP contribution in [-0.2, 0) is 4.79 Å². The van der Waals surface area contributed by atoms with E-state index in [1.54, 1.807) is 25.1 Å². The lowest BCUT2D eigenvalue weighted by Gasteiger charge is -2.19. The van der Waals surface area contributed by atoms with Crippen LogP contribution in [0.5, 0.6) is 0 Å². The van der Waals surface area contributed by atoms with E-state index in [4.69, 9.17) is 11.5 Å². The van der Waals surface area contributed by atoms with Gasteiger partial charge in [-0.3, -0.25) is 9.59 Å². The first-order valence-corrected chi connectivity index (χ1v) is 6.55. The largest absolute Gasteiger partial charge is 0.397 e. The lowest BCUT2D eigenvalue weighted by molar-refractivity contribution is -0.121. The van der Waals surface area contributed by atoms with Crippen LogP contribution in [0.15, 0.2) is 18.2 Å². The number of hydrogen-bond acceptors (Lipinski definition) is 4. The average Bonchev–Trinajstić information content (AvgIpc) is 2.37. The van der Waals surface area contributed by atoms with E-state index in [0.29, 0.717) is 23.8 Å². The van der Waals surface area contributed by atoms with Crippen LogP contribution in [0.4, 0.5) is 11.4 Å². The van der Waals surface area contributed by atoms with Crippen molar-refractivity contribution in [2.24, 2.45) is 11.7 Å². The molecule has 0 aromatic heterocycles. The van der Waals surface area contributed by atoms with Crippen molar-refractivity contribution in [2.45, 2.75) is 26.8 Å². The van der Waals surface area contributed by atoms with E-state index in [9.17, 15) is 9.59 Å². The fourth-order valence-corrected chi connectivity index (χ4v) is 1.68. The fourth-order valence-electron chi connectivity index (χ4n) is 1.68. The summed E-state index contributed by atoms with van der Waals surface area (Å²) >= 11 is 0. The zero-order valence-corrected chi connectivity index (χ0v) is 12.1. The molecule has 20 heavy (non-hydrogen) atoms. The quantitative estimate of drug-likeness (QED) is 0.580. The summed E-state index contributed by atoms with van der Waals surface area (Å²) in [6, 6.07) is 4.34. The lowest BCUT2D eigenvalue weighted by Crippen LogP contribution is -2.39.